The van der Waals surface area contributed by atoms with Gasteiger partial charge in [0.25, 0.3) is 0 Å². The zero-order valence-electron chi connectivity index (χ0n) is 8.97. The molecular weight excluding hydrogens is 192 g/mol. The summed E-state index contributed by atoms with van der Waals surface area (Å²) in [6.45, 7) is 6.62. The van der Waals surface area contributed by atoms with Crippen molar-refractivity contribution in [2.75, 3.05) is 6.61 Å². The predicted octanol–water partition coefficient (Wildman–Crippen LogP) is 0.549. The Morgan fingerprint density at radius 3 is 2.80 bits per heavy atom. The predicted molar refractivity (Wildman–Crippen MR) is 56.7 cm³/mol. The molecular formula is C11H15N2O2+. The van der Waals surface area contributed by atoms with Crippen molar-refractivity contribution in [3.63, 3.8) is 0 Å². The van der Waals surface area contributed by atoms with Crippen LogP contribution < -0.4 is 0 Å². The van der Waals surface area contributed by atoms with Crippen LogP contribution in [0.4, 0.5) is 0 Å². The van der Waals surface area contributed by atoms with Crippen molar-refractivity contribution in [1.29, 1.82) is 0 Å². The number of pyridine rings is 1. The lowest BCUT2D eigenvalue weighted by Gasteiger charge is -2.22. The molecule has 0 saturated carbocycles. The molecule has 0 aliphatic rings. The van der Waals surface area contributed by atoms with Crippen molar-refractivity contribution in [3.05, 3.63) is 30.1 Å². The van der Waals surface area contributed by atoms with E-state index in [9.17, 15) is 9.90 Å². The van der Waals surface area contributed by atoms with Crippen LogP contribution in [-0.2, 0) is 10.3 Å². The first-order valence-electron chi connectivity index (χ1n) is 4.65. The van der Waals surface area contributed by atoms with E-state index in [0.717, 1.165) is 5.56 Å². The quantitative estimate of drug-likeness (QED) is 0.581. The molecule has 1 aromatic heterocycles. The molecule has 4 heteroatoms. The van der Waals surface area contributed by atoms with E-state index < -0.39 is 5.54 Å². The van der Waals surface area contributed by atoms with Gasteiger partial charge in [-0.2, -0.15) is 4.58 Å². The lowest BCUT2D eigenvalue weighted by Crippen LogP contribution is -2.42. The molecule has 0 radical (unpaired) electrons. The van der Waals surface area contributed by atoms with Crippen LogP contribution in [0, 0.1) is 0 Å². The summed E-state index contributed by atoms with van der Waals surface area (Å²) in [5.41, 5.74) is -0.0576. The van der Waals surface area contributed by atoms with Crippen molar-refractivity contribution >= 4 is 12.6 Å². The Bertz CT molecular complexity index is 375. The van der Waals surface area contributed by atoms with Gasteiger partial charge in [0.2, 0.25) is 5.54 Å². The first kappa shape index (κ1) is 11.5. The molecule has 0 aromatic carbocycles. The molecule has 1 amide bonds. The van der Waals surface area contributed by atoms with Gasteiger partial charge in [-0.3, -0.25) is 4.98 Å². The number of hydrogen-bond donors (Lipinski definition) is 1. The Morgan fingerprint density at radius 2 is 2.40 bits per heavy atom. The number of rotatable bonds is 3. The second kappa shape index (κ2) is 4.31. The van der Waals surface area contributed by atoms with Gasteiger partial charge < -0.3 is 5.11 Å². The Kier molecular flexibility index (Phi) is 3.31. The summed E-state index contributed by atoms with van der Waals surface area (Å²) in [6, 6.07) is 3.57. The Labute approximate surface area is 88.9 Å². The summed E-state index contributed by atoms with van der Waals surface area (Å²) in [7, 11) is 0. The fourth-order valence-electron chi connectivity index (χ4n) is 1.36. The van der Waals surface area contributed by atoms with E-state index >= 15 is 0 Å². The van der Waals surface area contributed by atoms with Crippen LogP contribution in [0.1, 0.15) is 19.4 Å². The smallest absolute Gasteiger partial charge is 0.384 e. The first-order chi connectivity index (χ1) is 7.02. The summed E-state index contributed by atoms with van der Waals surface area (Å²) >= 11 is 0. The molecule has 0 unspecified atom stereocenters. The molecule has 0 bridgehead atoms. The summed E-state index contributed by atoms with van der Waals surface area (Å²) in [5.74, 6) is -0.199. The zero-order valence-corrected chi connectivity index (χ0v) is 8.97. The third-order valence-corrected chi connectivity index (χ3v) is 2.57. The van der Waals surface area contributed by atoms with Crippen LogP contribution in [0.15, 0.2) is 24.5 Å². The highest BCUT2D eigenvalue weighted by atomic mass is 16.3. The van der Waals surface area contributed by atoms with Gasteiger partial charge in [-0.25, -0.2) is 4.79 Å². The third kappa shape index (κ3) is 2.10. The van der Waals surface area contributed by atoms with Gasteiger partial charge in [-0.05, 0) is 12.1 Å². The minimum atomic E-state index is -0.819. The van der Waals surface area contributed by atoms with E-state index in [0.29, 0.717) is 0 Å². The van der Waals surface area contributed by atoms with Crippen molar-refractivity contribution in [2.24, 2.45) is 0 Å². The number of nitrogens with zero attached hydrogens (tertiary/aromatic N) is 2. The average molecular weight is 207 g/mol. The molecule has 1 atom stereocenters. The van der Waals surface area contributed by atoms with Gasteiger partial charge in [0.15, 0.2) is 0 Å². The van der Waals surface area contributed by atoms with Crippen LogP contribution >= 0.6 is 0 Å². The molecule has 15 heavy (non-hydrogen) atoms. The Balaban J connectivity index is 3.17. The molecule has 1 rings (SSSR count). The zero-order chi connectivity index (χ0) is 11.5. The molecule has 80 valence electrons. The molecule has 0 saturated heterocycles. The van der Waals surface area contributed by atoms with Crippen LogP contribution in [0.3, 0.4) is 0 Å². The van der Waals surface area contributed by atoms with Gasteiger partial charge in [-0.1, -0.05) is 0 Å². The molecule has 0 fully saturated rings. The van der Waals surface area contributed by atoms with Crippen LogP contribution in [0.25, 0.3) is 0 Å². The average Bonchev–Trinajstić information content (AvgIpc) is 2.28. The summed E-state index contributed by atoms with van der Waals surface area (Å²) in [5, 5.41) is 9.40. The number of aromatic nitrogens is 1. The van der Waals surface area contributed by atoms with Gasteiger partial charge in [0, 0.05) is 24.9 Å². The Hall–Kier alpha value is -1.55. The van der Waals surface area contributed by atoms with E-state index in [4.69, 9.17) is 0 Å². The van der Waals surface area contributed by atoms with Crippen molar-refractivity contribution < 1.29 is 14.5 Å². The molecule has 1 N–H and O–H groups in total. The van der Waals surface area contributed by atoms with Crippen molar-refractivity contribution in [3.8, 4) is 0 Å². The highest BCUT2D eigenvalue weighted by molar-refractivity contribution is 5.66. The number of aliphatic hydroxyl groups is 1. The van der Waals surface area contributed by atoms with Crippen LogP contribution in [0.2, 0.25) is 0 Å². The molecule has 1 aromatic rings. The van der Waals surface area contributed by atoms with E-state index in [1.54, 1.807) is 25.4 Å². The number of carbonyl (C=O) groups excluding carboxylic acids is 1. The summed E-state index contributed by atoms with van der Waals surface area (Å²) < 4.78 is 1.27. The van der Waals surface area contributed by atoms with E-state index in [1.165, 1.54) is 11.5 Å². The monoisotopic (exact) mass is 207 g/mol. The SMILES string of the molecule is C=[N+](C(C)=O)[C@@](C)(CO)c1cccnc1. The normalized spacial score (nSPS) is 14.3. The summed E-state index contributed by atoms with van der Waals surface area (Å²) in [4.78, 5) is 15.2. The lowest BCUT2D eigenvalue weighted by molar-refractivity contribution is -0.534. The van der Waals surface area contributed by atoms with Gasteiger partial charge in [0.05, 0.1) is 6.92 Å². The summed E-state index contributed by atoms with van der Waals surface area (Å²) in [6.07, 6.45) is 3.26. The van der Waals surface area contributed by atoms with Gasteiger partial charge in [-0.15, -0.1) is 0 Å². The maximum absolute atomic E-state index is 11.3. The highest BCUT2D eigenvalue weighted by Crippen LogP contribution is 2.23. The second-order valence-corrected chi connectivity index (χ2v) is 3.62. The number of amides is 1. The van der Waals surface area contributed by atoms with Crippen LogP contribution in [0.5, 0.6) is 0 Å². The molecule has 0 spiro atoms. The second-order valence-electron chi connectivity index (χ2n) is 3.62. The van der Waals surface area contributed by atoms with Crippen molar-refractivity contribution in [1.82, 2.24) is 4.98 Å². The highest BCUT2D eigenvalue weighted by Gasteiger charge is 2.39. The third-order valence-electron chi connectivity index (χ3n) is 2.57. The molecule has 4 nitrogen and oxygen atoms in total. The molecule has 0 aliphatic heterocycles. The minimum Gasteiger partial charge on any atom is -0.389 e. The van der Waals surface area contributed by atoms with E-state index in [-0.39, 0.29) is 12.5 Å². The van der Waals surface area contributed by atoms with Crippen LogP contribution in [-0.4, -0.2) is 33.9 Å². The molecule has 1 heterocycles. The van der Waals surface area contributed by atoms with Gasteiger partial charge in [0.1, 0.15) is 13.3 Å². The number of aliphatic hydroxyl groups excluding tert-OH is 1. The minimum absolute atomic E-state index is 0.193. The van der Waals surface area contributed by atoms with Crippen molar-refractivity contribution in [2.45, 2.75) is 19.4 Å². The largest absolute Gasteiger partial charge is 0.389 e. The first-order valence-corrected chi connectivity index (χ1v) is 4.65. The topological polar surface area (TPSA) is 53.2 Å². The standard InChI is InChI=1S/C11H15N2O2/c1-9(15)13(3)11(2,8-14)10-5-4-6-12-7-10/h4-7,14H,3,8H2,1-2H3/q+1/t11-/m0/s1. The van der Waals surface area contributed by atoms with E-state index in [1.807, 2.05) is 6.07 Å². The van der Waals surface area contributed by atoms with Gasteiger partial charge >= 0.3 is 5.91 Å². The fourth-order valence-corrected chi connectivity index (χ4v) is 1.36. The van der Waals surface area contributed by atoms with E-state index in [2.05, 4.69) is 11.7 Å². The lowest BCUT2D eigenvalue weighted by atomic mass is 9.93. The molecule has 0 aliphatic carbocycles. The number of carbonyl (C=O) groups is 1. The maximum atomic E-state index is 11.3. The Morgan fingerprint density at radius 1 is 1.73 bits per heavy atom. The fraction of sp³-hybridized carbons (Fsp3) is 0.364. The maximum Gasteiger partial charge on any atom is 0.384 e. The number of hydrogen-bond acceptors (Lipinski definition) is 3.